The van der Waals surface area contributed by atoms with Gasteiger partial charge in [-0.3, -0.25) is 14.6 Å². The van der Waals surface area contributed by atoms with Gasteiger partial charge in [-0.25, -0.2) is 0 Å². The zero-order valence-electron chi connectivity index (χ0n) is 12.5. The highest BCUT2D eigenvalue weighted by atomic mass is 19.4. The molecule has 0 spiro atoms. The molecule has 124 valence electrons. The molecular weight excluding hydrogens is 285 g/mol. The summed E-state index contributed by atoms with van der Waals surface area (Å²) >= 11 is 0. The van der Waals surface area contributed by atoms with Crippen LogP contribution in [0, 0.1) is 0 Å². The van der Waals surface area contributed by atoms with Crippen LogP contribution >= 0.6 is 0 Å². The SMILES string of the molecule is CCC(CCN)N1CCN(CC(=O)NCC(F)(F)F)CC1. The number of hydrogen-bond donors (Lipinski definition) is 2. The van der Waals surface area contributed by atoms with Crippen LogP contribution in [-0.4, -0.2) is 73.7 Å². The summed E-state index contributed by atoms with van der Waals surface area (Å²) in [4.78, 5) is 15.7. The Hall–Kier alpha value is -0.860. The summed E-state index contributed by atoms with van der Waals surface area (Å²) in [6.45, 7) is 4.57. The predicted octanol–water partition coefficient (Wildman–Crippen LogP) is 0.410. The molecule has 8 heteroatoms. The van der Waals surface area contributed by atoms with Gasteiger partial charge in [-0.2, -0.15) is 13.2 Å². The Kier molecular flexibility index (Phi) is 7.41. The number of rotatable bonds is 7. The van der Waals surface area contributed by atoms with Crippen LogP contribution in [0.25, 0.3) is 0 Å². The molecule has 0 aromatic heterocycles. The molecule has 21 heavy (non-hydrogen) atoms. The first-order valence-corrected chi connectivity index (χ1v) is 7.35. The second-order valence-electron chi connectivity index (χ2n) is 5.34. The summed E-state index contributed by atoms with van der Waals surface area (Å²) in [6.07, 6.45) is -2.38. The molecule has 0 aromatic rings. The van der Waals surface area contributed by atoms with Crippen LogP contribution in [0.15, 0.2) is 0 Å². The molecule has 1 amide bonds. The van der Waals surface area contributed by atoms with E-state index in [4.69, 9.17) is 5.73 Å². The molecule has 1 saturated heterocycles. The third-order valence-corrected chi connectivity index (χ3v) is 3.75. The van der Waals surface area contributed by atoms with Crippen molar-refractivity contribution in [1.82, 2.24) is 15.1 Å². The van der Waals surface area contributed by atoms with E-state index in [1.807, 2.05) is 10.2 Å². The van der Waals surface area contributed by atoms with Crippen molar-refractivity contribution in [1.29, 1.82) is 0 Å². The number of amides is 1. The topological polar surface area (TPSA) is 61.6 Å². The summed E-state index contributed by atoms with van der Waals surface area (Å²) < 4.78 is 36.0. The molecule has 1 atom stereocenters. The van der Waals surface area contributed by atoms with Crippen LogP contribution in [0.1, 0.15) is 19.8 Å². The lowest BCUT2D eigenvalue weighted by Gasteiger charge is -2.38. The molecule has 0 radical (unpaired) electrons. The number of nitrogens with one attached hydrogen (secondary N) is 1. The monoisotopic (exact) mass is 310 g/mol. The van der Waals surface area contributed by atoms with Crippen molar-refractivity contribution in [2.45, 2.75) is 32.0 Å². The minimum Gasteiger partial charge on any atom is -0.346 e. The molecule has 1 aliphatic heterocycles. The number of alkyl halides is 3. The van der Waals surface area contributed by atoms with Crippen molar-refractivity contribution < 1.29 is 18.0 Å². The van der Waals surface area contributed by atoms with Crippen molar-refractivity contribution in [2.24, 2.45) is 5.73 Å². The van der Waals surface area contributed by atoms with Gasteiger partial charge in [-0.15, -0.1) is 0 Å². The highest BCUT2D eigenvalue weighted by Gasteiger charge is 2.28. The van der Waals surface area contributed by atoms with Gasteiger partial charge in [0.2, 0.25) is 5.91 Å². The number of carbonyl (C=O) groups is 1. The highest BCUT2D eigenvalue weighted by Crippen LogP contribution is 2.13. The van der Waals surface area contributed by atoms with Crippen LogP contribution in [0.3, 0.4) is 0 Å². The Morgan fingerprint density at radius 2 is 1.90 bits per heavy atom. The van der Waals surface area contributed by atoms with E-state index in [1.54, 1.807) is 0 Å². The van der Waals surface area contributed by atoms with Crippen LogP contribution in [-0.2, 0) is 4.79 Å². The van der Waals surface area contributed by atoms with Gasteiger partial charge >= 0.3 is 6.18 Å². The molecule has 1 aliphatic rings. The van der Waals surface area contributed by atoms with E-state index in [2.05, 4.69) is 11.8 Å². The molecule has 5 nitrogen and oxygen atoms in total. The average molecular weight is 310 g/mol. The summed E-state index contributed by atoms with van der Waals surface area (Å²) in [6, 6.07) is 0.455. The molecule has 0 aliphatic carbocycles. The van der Waals surface area contributed by atoms with Gasteiger partial charge in [0.05, 0.1) is 6.54 Å². The van der Waals surface area contributed by atoms with Crippen LogP contribution < -0.4 is 11.1 Å². The number of halogens is 3. The van der Waals surface area contributed by atoms with Gasteiger partial charge in [0.15, 0.2) is 0 Å². The second kappa shape index (κ2) is 8.55. The van der Waals surface area contributed by atoms with Gasteiger partial charge in [0, 0.05) is 32.2 Å². The number of hydrogen-bond acceptors (Lipinski definition) is 4. The maximum Gasteiger partial charge on any atom is 0.405 e. The molecule has 1 rings (SSSR count). The molecule has 0 aromatic carbocycles. The smallest absolute Gasteiger partial charge is 0.346 e. The van der Waals surface area contributed by atoms with E-state index in [1.165, 1.54) is 0 Å². The van der Waals surface area contributed by atoms with Gasteiger partial charge in [0.25, 0.3) is 0 Å². The predicted molar refractivity (Wildman–Crippen MR) is 74.8 cm³/mol. The Bertz CT molecular complexity index is 317. The molecule has 0 saturated carbocycles. The Morgan fingerprint density at radius 1 is 1.29 bits per heavy atom. The van der Waals surface area contributed by atoms with Crippen molar-refractivity contribution in [3.63, 3.8) is 0 Å². The van der Waals surface area contributed by atoms with E-state index in [0.29, 0.717) is 25.7 Å². The zero-order valence-corrected chi connectivity index (χ0v) is 12.5. The summed E-state index contributed by atoms with van der Waals surface area (Å²) in [5.41, 5.74) is 5.59. The van der Waals surface area contributed by atoms with E-state index in [-0.39, 0.29) is 6.54 Å². The van der Waals surface area contributed by atoms with Crippen molar-refractivity contribution >= 4 is 5.91 Å². The van der Waals surface area contributed by atoms with Crippen LogP contribution in [0.4, 0.5) is 13.2 Å². The van der Waals surface area contributed by atoms with Crippen molar-refractivity contribution in [3.05, 3.63) is 0 Å². The van der Waals surface area contributed by atoms with Crippen LogP contribution in [0.5, 0.6) is 0 Å². The largest absolute Gasteiger partial charge is 0.405 e. The zero-order chi connectivity index (χ0) is 15.9. The Labute approximate surface area is 123 Å². The fourth-order valence-corrected chi connectivity index (χ4v) is 2.58. The first-order chi connectivity index (χ1) is 9.85. The fraction of sp³-hybridized carbons (Fsp3) is 0.923. The second-order valence-corrected chi connectivity index (χ2v) is 5.34. The Morgan fingerprint density at radius 3 is 2.38 bits per heavy atom. The van der Waals surface area contributed by atoms with E-state index < -0.39 is 18.6 Å². The minimum absolute atomic E-state index is 0.0254. The van der Waals surface area contributed by atoms with Crippen LogP contribution in [0.2, 0.25) is 0 Å². The van der Waals surface area contributed by atoms with E-state index in [9.17, 15) is 18.0 Å². The highest BCUT2D eigenvalue weighted by molar-refractivity contribution is 5.78. The fourth-order valence-electron chi connectivity index (χ4n) is 2.58. The number of nitrogens with zero attached hydrogens (tertiary/aromatic N) is 2. The van der Waals surface area contributed by atoms with E-state index in [0.717, 1.165) is 25.9 Å². The number of carbonyl (C=O) groups excluding carboxylic acids is 1. The molecule has 1 fully saturated rings. The van der Waals surface area contributed by atoms with Crippen molar-refractivity contribution in [3.8, 4) is 0 Å². The first-order valence-electron chi connectivity index (χ1n) is 7.35. The summed E-state index contributed by atoms with van der Waals surface area (Å²) in [7, 11) is 0. The summed E-state index contributed by atoms with van der Waals surface area (Å²) in [5, 5.41) is 1.90. The first kappa shape index (κ1) is 18.2. The average Bonchev–Trinajstić information content (AvgIpc) is 2.43. The maximum absolute atomic E-state index is 12.0. The van der Waals surface area contributed by atoms with Gasteiger partial charge in [0.1, 0.15) is 6.54 Å². The normalized spacial score (nSPS) is 19.5. The quantitative estimate of drug-likeness (QED) is 0.715. The van der Waals surface area contributed by atoms with Crippen molar-refractivity contribution in [2.75, 3.05) is 45.8 Å². The van der Waals surface area contributed by atoms with Gasteiger partial charge < -0.3 is 11.1 Å². The Balaban J connectivity index is 2.28. The lowest BCUT2D eigenvalue weighted by molar-refractivity contribution is -0.139. The van der Waals surface area contributed by atoms with Gasteiger partial charge in [-0.05, 0) is 19.4 Å². The standard InChI is InChI=1S/C13H25F3N4O/c1-2-11(3-4-17)20-7-5-19(6-8-20)9-12(21)18-10-13(14,15)16/h11H,2-10,17H2,1H3,(H,18,21). The lowest BCUT2D eigenvalue weighted by atomic mass is 10.1. The molecule has 1 unspecified atom stereocenters. The third kappa shape index (κ3) is 7.10. The molecular formula is C13H25F3N4O. The number of nitrogens with two attached hydrogens (primary N) is 1. The molecule has 0 bridgehead atoms. The van der Waals surface area contributed by atoms with E-state index >= 15 is 0 Å². The molecule has 3 N–H and O–H groups in total. The maximum atomic E-state index is 12.0. The minimum atomic E-state index is -4.36. The molecule has 1 heterocycles. The third-order valence-electron chi connectivity index (χ3n) is 3.75. The number of piperazine rings is 1. The lowest BCUT2D eigenvalue weighted by Crippen LogP contribution is -2.52. The summed E-state index contributed by atoms with van der Waals surface area (Å²) in [5.74, 6) is -0.574. The van der Waals surface area contributed by atoms with Gasteiger partial charge in [-0.1, -0.05) is 6.92 Å².